The summed E-state index contributed by atoms with van der Waals surface area (Å²) in [6.07, 6.45) is 1.87. The fourth-order valence-electron chi connectivity index (χ4n) is 5.32. The first-order valence-corrected chi connectivity index (χ1v) is 11.8. The first kappa shape index (κ1) is 22.3. The van der Waals surface area contributed by atoms with E-state index in [0.717, 1.165) is 35.4 Å². The molecule has 0 radical (unpaired) electrons. The van der Waals surface area contributed by atoms with Gasteiger partial charge in [0, 0.05) is 31.2 Å². The van der Waals surface area contributed by atoms with Gasteiger partial charge in [-0.1, -0.05) is 36.4 Å². The second-order valence-corrected chi connectivity index (χ2v) is 9.30. The lowest BCUT2D eigenvalue weighted by molar-refractivity contribution is -0.140. The number of imidazole rings is 1. The predicted octanol–water partition coefficient (Wildman–Crippen LogP) is 3.88. The molecule has 1 unspecified atom stereocenters. The zero-order valence-electron chi connectivity index (χ0n) is 19.6. The van der Waals surface area contributed by atoms with Crippen molar-refractivity contribution < 1.29 is 19.4 Å². The predicted molar refractivity (Wildman–Crippen MR) is 129 cm³/mol. The Hall–Kier alpha value is -3.55. The van der Waals surface area contributed by atoms with Crippen LogP contribution in [0, 0.1) is 5.92 Å². The van der Waals surface area contributed by atoms with Crippen LogP contribution in [0.1, 0.15) is 36.1 Å². The highest BCUT2D eigenvalue weighted by Crippen LogP contribution is 2.35. The lowest BCUT2D eigenvalue weighted by Gasteiger charge is -2.28. The Kier molecular flexibility index (Phi) is 5.89. The largest absolute Gasteiger partial charge is 0.481 e. The molecular weight excluding hydrogens is 432 g/mol. The summed E-state index contributed by atoms with van der Waals surface area (Å²) in [5.41, 5.74) is 5.39. The Labute approximate surface area is 198 Å². The molecule has 3 aromatic rings. The molecule has 2 aliphatic heterocycles. The fourth-order valence-corrected chi connectivity index (χ4v) is 5.32. The molecule has 2 aromatic carbocycles. The van der Waals surface area contributed by atoms with Crippen LogP contribution in [0.15, 0.2) is 42.5 Å². The SMILES string of the molecule is COC(=O)N1CCc2ccc3c(nc(N4CCC(C(=O)O)C4)n3[C@@H](C)Cc3ccccc3)c2C1. The molecule has 178 valence electrons. The molecule has 5 rings (SSSR count). The zero-order valence-corrected chi connectivity index (χ0v) is 19.6. The van der Waals surface area contributed by atoms with E-state index >= 15 is 0 Å². The van der Waals surface area contributed by atoms with Crippen LogP contribution in [0.25, 0.3) is 11.0 Å². The van der Waals surface area contributed by atoms with Gasteiger partial charge in [-0.25, -0.2) is 9.78 Å². The van der Waals surface area contributed by atoms with Crippen molar-refractivity contribution in [1.82, 2.24) is 14.5 Å². The quantitative estimate of drug-likeness (QED) is 0.619. The molecule has 0 spiro atoms. The van der Waals surface area contributed by atoms with E-state index in [2.05, 4.69) is 40.7 Å². The minimum absolute atomic E-state index is 0.115. The maximum atomic E-state index is 12.2. The minimum Gasteiger partial charge on any atom is -0.481 e. The second kappa shape index (κ2) is 9.00. The number of methoxy groups -OCH3 is 1. The van der Waals surface area contributed by atoms with Crippen molar-refractivity contribution in [2.24, 2.45) is 5.92 Å². The van der Waals surface area contributed by atoms with Gasteiger partial charge in [0.25, 0.3) is 0 Å². The standard InChI is InChI=1S/C26H30N4O4/c1-17(14-18-6-4-3-5-7-18)30-22-9-8-19-10-13-29(26(33)34-2)16-21(19)23(22)27-25(30)28-12-11-20(15-28)24(31)32/h3-9,17,20H,10-16H2,1-2H3,(H,31,32)/t17-,20?/m0/s1. The van der Waals surface area contributed by atoms with E-state index in [9.17, 15) is 14.7 Å². The molecule has 1 N–H and O–H groups in total. The zero-order chi connectivity index (χ0) is 23.8. The van der Waals surface area contributed by atoms with Gasteiger partial charge in [0.2, 0.25) is 5.95 Å². The number of carbonyl (C=O) groups is 2. The molecule has 8 nitrogen and oxygen atoms in total. The van der Waals surface area contributed by atoms with Crippen molar-refractivity contribution in [2.45, 2.75) is 38.8 Å². The lowest BCUT2D eigenvalue weighted by atomic mass is 9.98. The Balaban J connectivity index is 1.59. The van der Waals surface area contributed by atoms with Crippen LogP contribution >= 0.6 is 0 Å². The average Bonchev–Trinajstić information content (AvgIpc) is 3.49. The summed E-state index contributed by atoms with van der Waals surface area (Å²) in [6.45, 7) is 4.38. The fraction of sp³-hybridized carbons (Fsp3) is 0.423. The van der Waals surface area contributed by atoms with E-state index < -0.39 is 5.97 Å². The summed E-state index contributed by atoms with van der Waals surface area (Å²) in [7, 11) is 1.41. The number of anilines is 1. The third-order valence-corrected chi connectivity index (χ3v) is 7.11. The number of ether oxygens (including phenoxy) is 1. The number of hydrogen-bond donors (Lipinski definition) is 1. The Morgan fingerprint density at radius 2 is 1.97 bits per heavy atom. The summed E-state index contributed by atoms with van der Waals surface area (Å²) in [5.74, 6) is -0.333. The van der Waals surface area contributed by atoms with Gasteiger partial charge < -0.3 is 24.2 Å². The maximum Gasteiger partial charge on any atom is 0.409 e. The van der Waals surface area contributed by atoms with Crippen LogP contribution in [0.4, 0.5) is 10.7 Å². The molecule has 0 saturated carbocycles. The lowest BCUT2D eigenvalue weighted by Crippen LogP contribution is -2.35. The maximum absolute atomic E-state index is 12.2. The Morgan fingerprint density at radius 1 is 1.18 bits per heavy atom. The molecule has 1 fully saturated rings. The third-order valence-electron chi connectivity index (χ3n) is 7.11. The molecule has 8 heteroatoms. The molecule has 0 bridgehead atoms. The number of carboxylic acid groups (broad SMARTS) is 1. The number of aromatic nitrogens is 2. The number of rotatable bonds is 5. The topological polar surface area (TPSA) is 87.9 Å². The van der Waals surface area contributed by atoms with Crippen LogP contribution in [-0.4, -0.2) is 58.4 Å². The first-order chi connectivity index (χ1) is 16.5. The van der Waals surface area contributed by atoms with E-state index in [4.69, 9.17) is 9.72 Å². The van der Waals surface area contributed by atoms with Gasteiger partial charge in [-0.2, -0.15) is 0 Å². The number of carbonyl (C=O) groups excluding carboxylic acids is 1. The molecular formula is C26H30N4O4. The molecule has 2 aliphatic rings. The van der Waals surface area contributed by atoms with E-state index in [1.165, 1.54) is 18.2 Å². The highest BCUT2D eigenvalue weighted by molar-refractivity contribution is 5.85. The summed E-state index contributed by atoms with van der Waals surface area (Å²) >= 11 is 0. The van der Waals surface area contributed by atoms with Crippen LogP contribution in [0.5, 0.6) is 0 Å². The number of nitrogens with zero attached hydrogens (tertiary/aromatic N) is 4. The van der Waals surface area contributed by atoms with E-state index in [1.807, 2.05) is 18.2 Å². The van der Waals surface area contributed by atoms with Crippen LogP contribution in [-0.2, 0) is 28.9 Å². The number of fused-ring (bicyclic) bond motifs is 3. The molecule has 34 heavy (non-hydrogen) atoms. The number of aliphatic carboxylic acids is 1. The number of amides is 1. The van der Waals surface area contributed by atoms with Crippen molar-refractivity contribution >= 4 is 29.0 Å². The van der Waals surface area contributed by atoms with Crippen LogP contribution in [0.3, 0.4) is 0 Å². The average molecular weight is 463 g/mol. The van der Waals surface area contributed by atoms with Crippen LogP contribution < -0.4 is 4.90 Å². The number of hydrogen-bond acceptors (Lipinski definition) is 5. The van der Waals surface area contributed by atoms with Gasteiger partial charge in [0.1, 0.15) is 0 Å². The summed E-state index contributed by atoms with van der Waals surface area (Å²) in [5, 5.41) is 9.55. The van der Waals surface area contributed by atoms with E-state index in [1.54, 1.807) is 4.90 Å². The molecule has 1 amide bonds. The second-order valence-electron chi connectivity index (χ2n) is 9.30. The van der Waals surface area contributed by atoms with Gasteiger partial charge >= 0.3 is 12.1 Å². The molecule has 0 aliphatic carbocycles. The van der Waals surface area contributed by atoms with Crippen molar-refractivity contribution in [3.8, 4) is 0 Å². The molecule has 1 aromatic heterocycles. The normalized spacial score (nSPS) is 18.7. The third kappa shape index (κ3) is 3.97. The van der Waals surface area contributed by atoms with Gasteiger partial charge in [-0.3, -0.25) is 4.79 Å². The summed E-state index contributed by atoms with van der Waals surface area (Å²) < 4.78 is 7.22. The van der Waals surface area contributed by atoms with Gasteiger partial charge in [-0.15, -0.1) is 0 Å². The van der Waals surface area contributed by atoms with Crippen molar-refractivity contribution in [1.29, 1.82) is 0 Å². The molecule has 2 atom stereocenters. The smallest absolute Gasteiger partial charge is 0.409 e. The monoisotopic (exact) mass is 462 g/mol. The highest BCUT2D eigenvalue weighted by atomic mass is 16.5. The number of benzene rings is 2. The Morgan fingerprint density at radius 3 is 2.68 bits per heavy atom. The molecule has 3 heterocycles. The Bertz CT molecular complexity index is 1220. The van der Waals surface area contributed by atoms with Crippen molar-refractivity contribution in [3.63, 3.8) is 0 Å². The highest BCUT2D eigenvalue weighted by Gasteiger charge is 2.33. The minimum atomic E-state index is -0.756. The van der Waals surface area contributed by atoms with Crippen molar-refractivity contribution in [2.75, 3.05) is 31.6 Å². The van der Waals surface area contributed by atoms with Crippen molar-refractivity contribution in [3.05, 3.63) is 59.2 Å². The first-order valence-electron chi connectivity index (χ1n) is 11.8. The van der Waals surface area contributed by atoms with E-state index in [-0.39, 0.29) is 18.1 Å². The summed E-state index contributed by atoms with van der Waals surface area (Å²) in [6, 6.07) is 14.8. The number of carboxylic acids is 1. The van der Waals surface area contributed by atoms with Gasteiger partial charge in [0.15, 0.2) is 0 Å². The van der Waals surface area contributed by atoms with Crippen LogP contribution in [0.2, 0.25) is 0 Å². The van der Waals surface area contributed by atoms with E-state index in [0.29, 0.717) is 32.6 Å². The van der Waals surface area contributed by atoms with Gasteiger partial charge in [0.05, 0.1) is 30.6 Å². The van der Waals surface area contributed by atoms with Gasteiger partial charge in [-0.05, 0) is 43.4 Å². The summed E-state index contributed by atoms with van der Waals surface area (Å²) in [4.78, 5) is 32.8. The molecule has 1 saturated heterocycles.